The van der Waals surface area contributed by atoms with Crippen LogP contribution in [0.4, 0.5) is 5.13 Å². The zero-order chi connectivity index (χ0) is 26.6. The fraction of sp³-hybridized carbons (Fsp3) is 0.545. The van der Waals surface area contributed by atoms with E-state index in [1.54, 1.807) is 41.5 Å². The van der Waals surface area contributed by atoms with E-state index in [2.05, 4.69) is 10.1 Å². The van der Waals surface area contributed by atoms with Crippen LogP contribution in [0.1, 0.15) is 58.1 Å². The molecule has 0 spiro atoms. The minimum atomic E-state index is -4.13. The number of nitrogen functional groups attached to an aromatic ring is 1. The van der Waals surface area contributed by atoms with Crippen molar-refractivity contribution in [3.8, 4) is 11.5 Å². The van der Waals surface area contributed by atoms with Crippen LogP contribution in [0.15, 0.2) is 16.5 Å². The minimum absolute atomic E-state index is 0.109. The molecule has 0 aliphatic carbocycles. The molecule has 2 heterocycles. The molecule has 13 heteroatoms. The number of aromatic nitrogens is 1. The van der Waals surface area contributed by atoms with Gasteiger partial charge in [0.2, 0.25) is 5.50 Å². The predicted molar refractivity (Wildman–Crippen MR) is 132 cm³/mol. The highest BCUT2D eigenvalue weighted by atomic mass is 32.1. The Kier molecular flexibility index (Phi) is 9.41. The third kappa shape index (κ3) is 7.47. The molecule has 11 nitrogen and oxygen atoms in total. The first-order valence-corrected chi connectivity index (χ1v) is 13.4. The number of esters is 2. The Morgan fingerprint density at radius 1 is 1.23 bits per heavy atom. The third-order valence-corrected chi connectivity index (χ3v) is 7.31. The van der Waals surface area contributed by atoms with Gasteiger partial charge in [0, 0.05) is 5.41 Å². The predicted octanol–water partition coefficient (Wildman–Crippen LogP) is 3.54. The smallest absolute Gasteiger partial charge is 0.335 e. The quantitative estimate of drug-likeness (QED) is 0.249. The summed E-state index contributed by atoms with van der Waals surface area (Å²) in [6.07, 6.45) is -0.393. The number of furan rings is 1. The van der Waals surface area contributed by atoms with Crippen LogP contribution in [0.5, 0.6) is 0 Å². The van der Waals surface area contributed by atoms with E-state index in [0.29, 0.717) is 4.88 Å². The number of anilines is 1. The van der Waals surface area contributed by atoms with E-state index in [1.807, 2.05) is 0 Å². The lowest BCUT2D eigenvalue weighted by Gasteiger charge is -2.21. The van der Waals surface area contributed by atoms with Gasteiger partial charge in [-0.15, -0.1) is 0 Å². The van der Waals surface area contributed by atoms with E-state index < -0.39 is 43.6 Å². The van der Waals surface area contributed by atoms with E-state index in [0.717, 1.165) is 11.3 Å². The van der Waals surface area contributed by atoms with Crippen LogP contribution in [-0.4, -0.2) is 48.1 Å². The Morgan fingerprint density at radius 2 is 1.89 bits per heavy atom. The number of hydrogen-bond acceptors (Lipinski definition) is 11. The number of ketones is 1. The first-order chi connectivity index (χ1) is 16.2. The average molecular weight is 530 g/mol. The Bertz CT molecular complexity index is 1120. The van der Waals surface area contributed by atoms with Crippen LogP contribution in [-0.2, 0) is 28.2 Å². The van der Waals surface area contributed by atoms with Gasteiger partial charge in [-0.25, -0.2) is 14.9 Å². The van der Waals surface area contributed by atoms with Crippen molar-refractivity contribution >= 4 is 47.2 Å². The molecule has 1 unspecified atom stereocenters. The fourth-order valence-corrected chi connectivity index (χ4v) is 5.47. The maximum atomic E-state index is 13.8. The Hall–Kier alpha value is -2.53. The molecule has 0 radical (unpaired) electrons. The number of nitrogens with two attached hydrogens (primary N) is 1. The molecule has 0 aromatic carbocycles. The molecule has 2 aromatic rings. The van der Waals surface area contributed by atoms with Crippen molar-refractivity contribution in [3.63, 3.8) is 0 Å². The summed E-state index contributed by atoms with van der Waals surface area (Å²) in [5, 5.41) is 2.75. The number of nitrogens with zero attached hydrogens (tertiary/aromatic N) is 1. The molecule has 0 aliphatic heterocycles. The van der Waals surface area contributed by atoms with Crippen LogP contribution in [0.3, 0.4) is 0 Å². The summed E-state index contributed by atoms with van der Waals surface area (Å²) < 4.78 is 35.0. The molecule has 2 rings (SSSR count). The summed E-state index contributed by atoms with van der Waals surface area (Å²) in [6.45, 7) is 11.2. The summed E-state index contributed by atoms with van der Waals surface area (Å²) in [6, 6.07) is 1.75. The van der Waals surface area contributed by atoms with Gasteiger partial charge in [0.15, 0.2) is 23.3 Å². The van der Waals surface area contributed by atoms with Gasteiger partial charge in [-0.05, 0) is 39.8 Å². The van der Waals surface area contributed by atoms with Crippen molar-refractivity contribution < 1.29 is 37.4 Å². The number of rotatable bonds is 11. The molecular weight excluding hydrogens is 497 g/mol. The Balaban J connectivity index is 2.44. The number of carbonyl (C=O) groups excluding carboxylic acids is 3. The zero-order valence-corrected chi connectivity index (χ0v) is 22.6. The van der Waals surface area contributed by atoms with Crippen LogP contribution in [0.2, 0.25) is 0 Å². The van der Waals surface area contributed by atoms with Gasteiger partial charge in [0.1, 0.15) is 16.6 Å². The van der Waals surface area contributed by atoms with Crippen LogP contribution in [0.25, 0.3) is 11.5 Å². The Labute approximate surface area is 208 Å². The second-order valence-corrected chi connectivity index (χ2v) is 12.0. The van der Waals surface area contributed by atoms with Crippen molar-refractivity contribution in [3.05, 3.63) is 17.0 Å². The lowest BCUT2D eigenvalue weighted by Crippen LogP contribution is -2.37. The standard InChI is InChI=1S/C22H32N3O8PS/c1-8-30-15(26)11-31-34(29,25-13(4)20(28)32-12(2)3)16-10-9-14(33-16)17-18(35-21(23)24-17)19(27)22(5,6)7/h9-10,12-13H,8,11H2,1-7H3,(H2,23,24)(H,25,29)/t13-,34?/m0/s1. The first-order valence-electron chi connectivity index (χ1n) is 11.0. The molecule has 0 saturated heterocycles. The highest BCUT2D eigenvalue weighted by Gasteiger charge is 2.37. The summed E-state index contributed by atoms with van der Waals surface area (Å²) >= 11 is 1.02. The summed E-state index contributed by atoms with van der Waals surface area (Å²) in [5.74, 6) is -1.48. The molecule has 0 aliphatic rings. The van der Waals surface area contributed by atoms with Gasteiger partial charge in [-0.3, -0.25) is 14.2 Å². The normalized spacial score (nSPS) is 14.4. The summed E-state index contributed by atoms with van der Waals surface area (Å²) in [5.41, 5.74) is 5.16. The monoisotopic (exact) mass is 529 g/mol. The molecule has 2 atom stereocenters. The SMILES string of the molecule is CCOC(=O)COP(=O)(N[C@@H](C)C(=O)OC(C)C)c1ccc(-c2nc(N)sc2C(=O)C(C)(C)C)o1. The number of nitrogens with one attached hydrogen (secondary N) is 1. The van der Waals surface area contributed by atoms with Crippen molar-refractivity contribution in [2.75, 3.05) is 18.9 Å². The second kappa shape index (κ2) is 11.5. The number of Topliss-reactive ketones (excluding diaryl/α,β-unsaturated/α-hetero) is 1. The molecule has 3 N–H and O–H groups in total. The summed E-state index contributed by atoms with van der Waals surface area (Å²) in [7, 11) is -4.13. The van der Waals surface area contributed by atoms with E-state index in [-0.39, 0.29) is 34.5 Å². The van der Waals surface area contributed by atoms with Gasteiger partial charge in [-0.1, -0.05) is 32.1 Å². The van der Waals surface area contributed by atoms with E-state index in [4.69, 9.17) is 24.1 Å². The van der Waals surface area contributed by atoms with Crippen LogP contribution in [0, 0.1) is 5.41 Å². The summed E-state index contributed by atoms with van der Waals surface area (Å²) in [4.78, 5) is 41.6. The molecule has 0 fully saturated rings. The maximum Gasteiger partial charge on any atom is 0.335 e. The number of ether oxygens (including phenoxy) is 2. The van der Waals surface area contributed by atoms with Gasteiger partial charge in [0.05, 0.1) is 12.7 Å². The minimum Gasteiger partial charge on any atom is -0.464 e. The number of thiazole rings is 1. The zero-order valence-electron chi connectivity index (χ0n) is 20.9. The fourth-order valence-electron chi connectivity index (χ4n) is 2.76. The van der Waals surface area contributed by atoms with Crippen molar-refractivity contribution in [1.29, 1.82) is 0 Å². The highest BCUT2D eigenvalue weighted by molar-refractivity contribution is 7.64. The first kappa shape index (κ1) is 28.7. The molecule has 194 valence electrons. The van der Waals surface area contributed by atoms with Gasteiger partial charge in [-0.2, -0.15) is 0 Å². The van der Waals surface area contributed by atoms with E-state index in [9.17, 15) is 18.9 Å². The molecule has 0 amide bonds. The van der Waals surface area contributed by atoms with Crippen molar-refractivity contribution in [2.24, 2.45) is 5.41 Å². The molecule has 0 bridgehead atoms. The molecule has 2 aromatic heterocycles. The molecule has 35 heavy (non-hydrogen) atoms. The van der Waals surface area contributed by atoms with Gasteiger partial charge in [0.25, 0.3) is 0 Å². The van der Waals surface area contributed by atoms with E-state index >= 15 is 0 Å². The van der Waals surface area contributed by atoms with Crippen LogP contribution >= 0.6 is 18.9 Å². The third-order valence-electron chi connectivity index (χ3n) is 4.39. The van der Waals surface area contributed by atoms with Gasteiger partial charge >= 0.3 is 19.5 Å². The highest BCUT2D eigenvalue weighted by Crippen LogP contribution is 2.44. The lowest BCUT2D eigenvalue weighted by molar-refractivity contribution is -0.149. The van der Waals surface area contributed by atoms with Gasteiger partial charge < -0.3 is 24.1 Å². The maximum absolute atomic E-state index is 13.8. The Morgan fingerprint density at radius 3 is 2.46 bits per heavy atom. The van der Waals surface area contributed by atoms with Crippen molar-refractivity contribution in [2.45, 2.75) is 60.6 Å². The largest absolute Gasteiger partial charge is 0.464 e. The second-order valence-electron chi connectivity index (χ2n) is 8.91. The average Bonchev–Trinajstić information content (AvgIpc) is 3.38. The van der Waals surface area contributed by atoms with Crippen LogP contribution < -0.4 is 16.3 Å². The number of carbonyl (C=O) groups is 3. The molecule has 0 saturated carbocycles. The number of hydrogen-bond donors (Lipinski definition) is 2. The molecular formula is C22H32N3O8PS. The lowest BCUT2D eigenvalue weighted by atomic mass is 9.89. The topological polar surface area (TPSA) is 160 Å². The van der Waals surface area contributed by atoms with E-state index in [1.165, 1.54) is 19.1 Å². The van der Waals surface area contributed by atoms with Crippen molar-refractivity contribution in [1.82, 2.24) is 10.1 Å².